The molecule has 5 nitrogen and oxygen atoms in total. The number of hydrogen-bond acceptors (Lipinski definition) is 5. The van der Waals surface area contributed by atoms with E-state index in [0.29, 0.717) is 19.3 Å². The standard InChI is InChI=1S/C18H28O5/c1-3-15(23-17-9-4-5-10-22-17)12-14(18(20)21-2)11-13-7-6-8-16(13)19/h7,14-15,17H,3-6,8-12H2,1-2H3/t14-,15-,17-/m1/s1. The van der Waals surface area contributed by atoms with E-state index in [4.69, 9.17) is 14.2 Å². The lowest BCUT2D eigenvalue weighted by molar-refractivity contribution is -0.193. The van der Waals surface area contributed by atoms with Crippen LogP contribution in [0, 0.1) is 5.92 Å². The largest absolute Gasteiger partial charge is 0.469 e. The van der Waals surface area contributed by atoms with E-state index in [9.17, 15) is 9.59 Å². The number of Topliss-reactive ketones (excluding diaryl/α,β-unsaturated/α-hetero) is 1. The van der Waals surface area contributed by atoms with Gasteiger partial charge in [0.15, 0.2) is 12.1 Å². The van der Waals surface area contributed by atoms with Crippen molar-refractivity contribution in [2.24, 2.45) is 5.92 Å². The van der Waals surface area contributed by atoms with Gasteiger partial charge in [-0.15, -0.1) is 0 Å². The predicted molar refractivity (Wildman–Crippen MR) is 85.8 cm³/mol. The maximum absolute atomic E-state index is 12.1. The zero-order valence-electron chi connectivity index (χ0n) is 14.2. The summed E-state index contributed by atoms with van der Waals surface area (Å²) in [6.07, 6.45) is 8.00. The van der Waals surface area contributed by atoms with Crippen molar-refractivity contribution in [3.05, 3.63) is 11.6 Å². The molecular weight excluding hydrogens is 296 g/mol. The lowest BCUT2D eigenvalue weighted by Gasteiger charge is -2.29. The van der Waals surface area contributed by atoms with E-state index in [0.717, 1.165) is 44.3 Å². The molecule has 0 bridgehead atoms. The van der Waals surface area contributed by atoms with Crippen LogP contribution in [-0.4, -0.2) is 37.9 Å². The molecule has 5 heteroatoms. The molecule has 0 aromatic rings. The van der Waals surface area contributed by atoms with Gasteiger partial charge in [0.25, 0.3) is 0 Å². The highest BCUT2D eigenvalue weighted by atomic mass is 16.7. The minimum absolute atomic E-state index is 0.0562. The fraction of sp³-hybridized carbons (Fsp3) is 0.778. The molecule has 3 atom stereocenters. The average Bonchev–Trinajstić information content (AvgIpc) is 2.98. The number of hydrogen-bond donors (Lipinski definition) is 0. The van der Waals surface area contributed by atoms with Gasteiger partial charge in [-0.05, 0) is 50.5 Å². The van der Waals surface area contributed by atoms with Crippen molar-refractivity contribution in [1.29, 1.82) is 0 Å². The number of rotatable bonds is 8. The molecule has 23 heavy (non-hydrogen) atoms. The first-order valence-electron chi connectivity index (χ1n) is 8.71. The van der Waals surface area contributed by atoms with E-state index < -0.39 is 0 Å². The summed E-state index contributed by atoms with van der Waals surface area (Å²) in [6.45, 7) is 2.78. The highest BCUT2D eigenvalue weighted by molar-refractivity contribution is 5.98. The van der Waals surface area contributed by atoms with Crippen molar-refractivity contribution in [2.75, 3.05) is 13.7 Å². The Balaban J connectivity index is 1.93. The predicted octanol–water partition coefficient (Wildman–Crippen LogP) is 3.17. The Morgan fingerprint density at radius 1 is 1.43 bits per heavy atom. The molecule has 2 rings (SSSR count). The number of allylic oxidation sites excluding steroid dienone is 2. The summed E-state index contributed by atoms with van der Waals surface area (Å²) >= 11 is 0. The van der Waals surface area contributed by atoms with E-state index in [1.54, 1.807) is 0 Å². The fourth-order valence-corrected chi connectivity index (χ4v) is 3.21. The topological polar surface area (TPSA) is 61.8 Å². The Labute approximate surface area is 138 Å². The zero-order valence-corrected chi connectivity index (χ0v) is 14.2. The number of esters is 1. The molecule has 130 valence electrons. The molecule has 1 heterocycles. The fourth-order valence-electron chi connectivity index (χ4n) is 3.21. The smallest absolute Gasteiger partial charge is 0.309 e. The van der Waals surface area contributed by atoms with E-state index in [1.165, 1.54) is 7.11 Å². The number of carbonyl (C=O) groups excluding carboxylic acids is 2. The zero-order chi connectivity index (χ0) is 16.7. The van der Waals surface area contributed by atoms with Gasteiger partial charge in [-0.25, -0.2) is 0 Å². The quantitative estimate of drug-likeness (QED) is 0.642. The van der Waals surface area contributed by atoms with E-state index in [1.807, 2.05) is 13.0 Å². The lowest BCUT2D eigenvalue weighted by atomic mass is 9.92. The first-order valence-corrected chi connectivity index (χ1v) is 8.71. The first-order chi connectivity index (χ1) is 11.1. The van der Waals surface area contributed by atoms with Crippen molar-refractivity contribution in [3.63, 3.8) is 0 Å². The third-order valence-electron chi connectivity index (χ3n) is 4.61. The third kappa shape index (κ3) is 5.43. The number of methoxy groups -OCH3 is 1. The molecule has 1 fully saturated rings. The lowest BCUT2D eigenvalue weighted by Crippen LogP contribution is -2.31. The van der Waals surface area contributed by atoms with E-state index >= 15 is 0 Å². The molecule has 0 aromatic heterocycles. The SMILES string of the molecule is CC[C@H](C[C@@H](CC1=CCCC1=O)C(=O)OC)O[C@@H]1CCCCO1. The van der Waals surface area contributed by atoms with Crippen molar-refractivity contribution in [2.45, 2.75) is 70.7 Å². The Kier molecular flexibility index (Phi) is 7.24. The molecule has 0 spiro atoms. The summed E-state index contributed by atoms with van der Waals surface area (Å²) in [5.74, 6) is -0.442. The van der Waals surface area contributed by atoms with Gasteiger partial charge < -0.3 is 14.2 Å². The third-order valence-corrected chi connectivity index (χ3v) is 4.61. The Morgan fingerprint density at radius 3 is 2.83 bits per heavy atom. The van der Waals surface area contributed by atoms with Gasteiger partial charge in [0, 0.05) is 13.0 Å². The van der Waals surface area contributed by atoms with Gasteiger partial charge in [0.2, 0.25) is 0 Å². The molecule has 0 saturated carbocycles. The summed E-state index contributed by atoms with van der Waals surface area (Å²) in [7, 11) is 1.40. The van der Waals surface area contributed by atoms with Crippen molar-refractivity contribution < 1.29 is 23.8 Å². The highest BCUT2D eigenvalue weighted by Gasteiger charge is 2.29. The minimum Gasteiger partial charge on any atom is -0.469 e. The van der Waals surface area contributed by atoms with Crippen LogP contribution in [0.4, 0.5) is 0 Å². The van der Waals surface area contributed by atoms with Gasteiger partial charge in [0.05, 0.1) is 19.1 Å². The van der Waals surface area contributed by atoms with Crippen molar-refractivity contribution in [3.8, 4) is 0 Å². The Hall–Kier alpha value is -1.20. The molecule has 0 unspecified atom stereocenters. The summed E-state index contributed by atoms with van der Waals surface area (Å²) in [5, 5.41) is 0. The van der Waals surface area contributed by atoms with Crippen LogP contribution < -0.4 is 0 Å². The van der Waals surface area contributed by atoms with Crippen LogP contribution in [0.5, 0.6) is 0 Å². The first kappa shape index (κ1) is 18.1. The normalized spacial score (nSPS) is 24.2. The minimum atomic E-state index is -0.332. The highest BCUT2D eigenvalue weighted by Crippen LogP contribution is 2.27. The van der Waals surface area contributed by atoms with Crippen LogP contribution in [0.3, 0.4) is 0 Å². The molecule has 0 N–H and O–H groups in total. The summed E-state index contributed by atoms with van der Waals surface area (Å²) in [5.41, 5.74) is 0.768. The van der Waals surface area contributed by atoms with Gasteiger partial charge in [0.1, 0.15) is 0 Å². The maximum atomic E-state index is 12.1. The molecule has 0 amide bonds. The second kappa shape index (κ2) is 9.18. The van der Waals surface area contributed by atoms with Crippen LogP contribution in [0.1, 0.15) is 58.3 Å². The summed E-state index contributed by atoms with van der Waals surface area (Å²) in [4.78, 5) is 23.9. The summed E-state index contributed by atoms with van der Waals surface area (Å²) in [6, 6.07) is 0. The number of ketones is 1. The Morgan fingerprint density at radius 2 is 2.26 bits per heavy atom. The molecular formula is C18H28O5. The van der Waals surface area contributed by atoms with Crippen LogP contribution >= 0.6 is 0 Å². The Bertz CT molecular complexity index is 437. The number of ether oxygens (including phenoxy) is 3. The second-order valence-electron chi connectivity index (χ2n) is 6.31. The van der Waals surface area contributed by atoms with Gasteiger partial charge in [-0.1, -0.05) is 13.0 Å². The molecule has 1 aliphatic carbocycles. The number of carbonyl (C=O) groups is 2. The average molecular weight is 324 g/mol. The van der Waals surface area contributed by atoms with Crippen LogP contribution in [0.2, 0.25) is 0 Å². The summed E-state index contributed by atoms with van der Waals surface area (Å²) < 4.78 is 16.6. The van der Waals surface area contributed by atoms with Crippen LogP contribution in [0.15, 0.2) is 11.6 Å². The van der Waals surface area contributed by atoms with Crippen molar-refractivity contribution in [1.82, 2.24) is 0 Å². The van der Waals surface area contributed by atoms with E-state index in [2.05, 4.69) is 0 Å². The van der Waals surface area contributed by atoms with Crippen LogP contribution in [0.25, 0.3) is 0 Å². The van der Waals surface area contributed by atoms with Crippen LogP contribution in [-0.2, 0) is 23.8 Å². The monoisotopic (exact) mass is 324 g/mol. The van der Waals surface area contributed by atoms with Gasteiger partial charge >= 0.3 is 5.97 Å². The van der Waals surface area contributed by atoms with E-state index in [-0.39, 0.29) is 30.1 Å². The molecule has 0 aromatic carbocycles. The van der Waals surface area contributed by atoms with Gasteiger partial charge in [-0.3, -0.25) is 9.59 Å². The second-order valence-corrected chi connectivity index (χ2v) is 6.31. The maximum Gasteiger partial charge on any atom is 0.309 e. The van der Waals surface area contributed by atoms with Gasteiger partial charge in [-0.2, -0.15) is 0 Å². The molecule has 1 saturated heterocycles. The molecule has 2 aliphatic rings. The van der Waals surface area contributed by atoms with Crippen molar-refractivity contribution >= 4 is 11.8 Å². The molecule has 0 radical (unpaired) electrons. The molecule has 1 aliphatic heterocycles.